The Labute approximate surface area is 135 Å². The summed E-state index contributed by atoms with van der Waals surface area (Å²) < 4.78 is 28.0. The maximum Gasteiger partial charge on any atom is 0.243 e. The molecule has 6 heteroatoms. The summed E-state index contributed by atoms with van der Waals surface area (Å²) in [7, 11) is -3.51. The fourth-order valence-corrected chi connectivity index (χ4v) is 4.91. The van der Waals surface area contributed by atoms with E-state index in [0.29, 0.717) is 33.6 Å². The van der Waals surface area contributed by atoms with Gasteiger partial charge in [-0.2, -0.15) is 4.31 Å². The average molecular weight is 376 g/mol. The smallest absolute Gasteiger partial charge is 0.243 e. The zero-order valence-corrected chi connectivity index (χ0v) is 15.1. The van der Waals surface area contributed by atoms with E-state index in [-0.39, 0.29) is 12.0 Å². The van der Waals surface area contributed by atoms with Crippen LogP contribution < -0.4 is 0 Å². The van der Waals surface area contributed by atoms with Crippen LogP contribution in [0.2, 0.25) is 0 Å². The van der Waals surface area contributed by atoms with Gasteiger partial charge < -0.3 is 5.11 Å². The summed E-state index contributed by atoms with van der Waals surface area (Å²) >= 11 is 3.38. The van der Waals surface area contributed by atoms with E-state index < -0.39 is 10.0 Å². The lowest BCUT2D eigenvalue weighted by Crippen LogP contribution is -2.41. The molecule has 1 heterocycles. The van der Waals surface area contributed by atoms with E-state index in [9.17, 15) is 13.5 Å². The number of aliphatic hydroxyl groups excluding tert-OH is 1. The van der Waals surface area contributed by atoms with Gasteiger partial charge in [0, 0.05) is 17.6 Å². The van der Waals surface area contributed by atoms with E-state index in [1.54, 1.807) is 23.4 Å². The van der Waals surface area contributed by atoms with Crippen molar-refractivity contribution in [2.75, 3.05) is 13.1 Å². The van der Waals surface area contributed by atoms with E-state index in [1.807, 2.05) is 0 Å². The van der Waals surface area contributed by atoms with Crippen molar-refractivity contribution in [1.82, 2.24) is 4.31 Å². The number of halogens is 1. The summed E-state index contributed by atoms with van der Waals surface area (Å²) in [6.45, 7) is 7.06. The van der Waals surface area contributed by atoms with Crippen molar-refractivity contribution in [2.24, 2.45) is 5.41 Å². The van der Waals surface area contributed by atoms with Gasteiger partial charge >= 0.3 is 0 Å². The topological polar surface area (TPSA) is 57.6 Å². The van der Waals surface area contributed by atoms with Crippen LogP contribution in [0.15, 0.2) is 21.5 Å². The number of aliphatic hydroxyl groups is 1. The number of nitrogens with zero attached hydrogens (tertiary/aromatic N) is 1. The van der Waals surface area contributed by atoms with E-state index in [1.165, 1.54) is 0 Å². The number of piperidine rings is 1. The van der Waals surface area contributed by atoms with Crippen molar-refractivity contribution in [3.8, 4) is 0 Å². The molecule has 4 nitrogen and oxygen atoms in total. The van der Waals surface area contributed by atoms with E-state index in [4.69, 9.17) is 0 Å². The quantitative estimate of drug-likeness (QED) is 0.882. The number of sulfonamides is 1. The highest BCUT2D eigenvalue weighted by Gasteiger charge is 2.33. The second kappa shape index (κ2) is 5.99. The Morgan fingerprint density at radius 3 is 2.38 bits per heavy atom. The Kier molecular flexibility index (Phi) is 4.83. The van der Waals surface area contributed by atoms with Gasteiger partial charge in [0.25, 0.3) is 0 Å². The zero-order valence-electron chi connectivity index (χ0n) is 12.7. The highest BCUT2D eigenvalue weighted by Crippen LogP contribution is 2.34. The van der Waals surface area contributed by atoms with Gasteiger partial charge in [0.1, 0.15) is 0 Å². The van der Waals surface area contributed by atoms with E-state index >= 15 is 0 Å². The van der Waals surface area contributed by atoms with Crippen molar-refractivity contribution in [3.63, 3.8) is 0 Å². The van der Waals surface area contributed by atoms with Gasteiger partial charge in [-0.15, -0.1) is 0 Å². The summed E-state index contributed by atoms with van der Waals surface area (Å²) in [4.78, 5) is 0.292. The molecule has 0 radical (unpaired) electrons. The molecule has 21 heavy (non-hydrogen) atoms. The Balaban J connectivity index is 2.39. The minimum Gasteiger partial charge on any atom is -0.392 e. The molecule has 0 unspecified atom stereocenters. The standard InChI is InChI=1S/C15H22BrNO3S/c1-11-13(16)8-12(10-18)9-14(11)21(19,20)17-6-4-15(2,3)5-7-17/h8-9,18H,4-7,10H2,1-3H3. The van der Waals surface area contributed by atoms with Crippen LogP contribution in [0.25, 0.3) is 0 Å². The van der Waals surface area contributed by atoms with Crippen molar-refractivity contribution in [3.05, 3.63) is 27.7 Å². The van der Waals surface area contributed by atoms with Crippen molar-refractivity contribution in [2.45, 2.75) is 45.1 Å². The molecule has 0 aromatic heterocycles. The fraction of sp³-hybridized carbons (Fsp3) is 0.600. The van der Waals surface area contributed by atoms with Gasteiger partial charge in [0.05, 0.1) is 11.5 Å². The Bertz CT molecular complexity index is 631. The first-order valence-electron chi connectivity index (χ1n) is 7.07. The first-order valence-corrected chi connectivity index (χ1v) is 9.31. The lowest BCUT2D eigenvalue weighted by atomic mass is 9.83. The Morgan fingerprint density at radius 1 is 1.29 bits per heavy atom. The minimum absolute atomic E-state index is 0.172. The van der Waals surface area contributed by atoms with E-state index in [0.717, 1.165) is 12.8 Å². The maximum absolute atomic E-state index is 12.9. The van der Waals surface area contributed by atoms with Crippen molar-refractivity contribution in [1.29, 1.82) is 0 Å². The predicted octanol–water partition coefficient (Wildman–Crippen LogP) is 3.06. The van der Waals surface area contributed by atoms with Crippen LogP contribution in [-0.2, 0) is 16.6 Å². The monoisotopic (exact) mass is 375 g/mol. The number of rotatable bonds is 3. The van der Waals surface area contributed by atoms with Crippen LogP contribution in [-0.4, -0.2) is 30.9 Å². The molecule has 0 bridgehead atoms. The molecule has 118 valence electrons. The SMILES string of the molecule is Cc1c(Br)cc(CO)cc1S(=O)(=O)N1CCC(C)(C)CC1. The van der Waals surface area contributed by atoms with E-state index in [2.05, 4.69) is 29.8 Å². The maximum atomic E-state index is 12.9. The molecule has 1 aromatic carbocycles. The molecule has 1 N–H and O–H groups in total. The van der Waals surface area contributed by atoms with Gasteiger partial charge in [-0.3, -0.25) is 0 Å². The van der Waals surface area contributed by atoms with Gasteiger partial charge in [-0.25, -0.2) is 8.42 Å². The van der Waals surface area contributed by atoms with Crippen LogP contribution in [0, 0.1) is 12.3 Å². The first-order chi connectivity index (χ1) is 9.67. The highest BCUT2D eigenvalue weighted by molar-refractivity contribution is 9.10. The lowest BCUT2D eigenvalue weighted by molar-refractivity contribution is 0.196. The molecule has 1 fully saturated rings. The summed E-state index contributed by atoms with van der Waals surface area (Å²) in [6, 6.07) is 3.34. The molecule has 0 amide bonds. The second-order valence-corrected chi connectivity index (χ2v) is 9.19. The Morgan fingerprint density at radius 2 is 1.86 bits per heavy atom. The second-order valence-electron chi connectivity index (χ2n) is 6.43. The molecule has 0 atom stereocenters. The van der Waals surface area contributed by atoms with Gasteiger partial charge in [-0.1, -0.05) is 29.8 Å². The third kappa shape index (κ3) is 3.50. The lowest BCUT2D eigenvalue weighted by Gasteiger charge is -2.36. The summed E-state index contributed by atoms with van der Waals surface area (Å²) in [5, 5.41) is 9.29. The van der Waals surface area contributed by atoms with Crippen LogP contribution >= 0.6 is 15.9 Å². The van der Waals surface area contributed by atoms with Crippen molar-refractivity contribution >= 4 is 26.0 Å². The first kappa shape index (κ1) is 16.9. The molecule has 0 spiro atoms. The van der Waals surface area contributed by atoms with Crippen LogP contribution in [0.5, 0.6) is 0 Å². The summed E-state index contributed by atoms with van der Waals surface area (Å²) in [5.74, 6) is 0. The number of hydrogen-bond donors (Lipinski definition) is 1. The summed E-state index contributed by atoms with van der Waals surface area (Å²) in [5.41, 5.74) is 1.50. The normalized spacial score (nSPS) is 19.7. The summed E-state index contributed by atoms with van der Waals surface area (Å²) in [6.07, 6.45) is 1.73. The van der Waals surface area contributed by atoms with Crippen LogP contribution in [0.3, 0.4) is 0 Å². The third-order valence-electron chi connectivity index (χ3n) is 4.23. The molecule has 0 saturated carbocycles. The molecule has 2 rings (SSSR count). The van der Waals surface area contributed by atoms with Gasteiger partial charge in [0.15, 0.2) is 0 Å². The van der Waals surface area contributed by atoms with Crippen LogP contribution in [0.1, 0.15) is 37.8 Å². The molecule has 1 aromatic rings. The molecule has 1 aliphatic heterocycles. The number of hydrogen-bond acceptors (Lipinski definition) is 3. The predicted molar refractivity (Wildman–Crippen MR) is 86.6 cm³/mol. The largest absolute Gasteiger partial charge is 0.392 e. The average Bonchev–Trinajstić information content (AvgIpc) is 2.41. The molecular weight excluding hydrogens is 354 g/mol. The molecule has 1 saturated heterocycles. The number of benzene rings is 1. The van der Waals surface area contributed by atoms with Gasteiger partial charge in [-0.05, 0) is 48.4 Å². The third-order valence-corrected chi connectivity index (χ3v) is 7.08. The van der Waals surface area contributed by atoms with Crippen LogP contribution in [0.4, 0.5) is 0 Å². The minimum atomic E-state index is -3.51. The molecular formula is C15H22BrNO3S. The van der Waals surface area contributed by atoms with Crippen molar-refractivity contribution < 1.29 is 13.5 Å². The Hall–Kier alpha value is -0.430. The van der Waals surface area contributed by atoms with Gasteiger partial charge in [0.2, 0.25) is 10.0 Å². The molecule has 1 aliphatic rings. The highest BCUT2D eigenvalue weighted by atomic mass is 79.9. The molecule has 0 aliphatic carbocycles. The fourth-order valence-electron chi connectivity index (χ4n) is 2.54. The zero-order chi connectivity index (χ0) is 15.8.